The monoisotopic (exact) mass is 254 g/mol. The minimum atomic E-state index is 0.771. The molecular formula is C16H34N2. The summed E-state index contributed by atoms with van der Waals surface area (Å²) in [6.45, 7) is 10.7. The van der Waals surface area contributed by atoms with Gasteiger partial charge in [0, 0.05) is 12.1 Å². The summed E-state index contributed by atoms with van der Waals surface area (Å²) in [5, 5.41) is 3.95. The molecule has 0 aliphatic carbocycles. The second kappa shape index (κ2) is 9.80. The second-order valence-electron chi connectivity index (χ2n) is 5.86. The molecule has 2 nitrogen and oxygen atoms in total. The van der Waals surface area contributed by atoms with Gasteiger partial charge in [-0.15, -0.1) is 0 Å². The van der Waals surface area contributed by atoms with E-state index in [2.05, 4.69) is 31.0 Å². The Morgan fingerprint density at radius 2 is 1.89 bits per heavy atom. The van der Waals surface area contributed by atoms with E-state index in [1.54, 1.807) is 0 Å². The van der Waals surface area contributed by atoms with Crippen molar-refractivity contribution in [2.45, 2.75) is 84.2 Å². The van der Waals surface area contributed by atoms with E-state index in [1.807, 2.05) is 0 Å². The van der Waals surface area contributed by atoms with E-state index in [9.17, 15) is 0 Å². The van der Waals surface area contributed by atoms with Crippen molar-refractivity contribution in [1.82, 2.24) is 10.2 Å². The maximum Gasteiger partial charge on any atom is 0.00823 e. The van der Waals surface area contributed by atoms with Crippen LogP contribution in [0.15, 0.2) is 0 Å². The summed E-state index contributed by atoms with van der Waals surface area (Å²) >= 11 is 0. The Morgan fingerprint density at radius 3 is 2.56 bits per heavy atom. The fourth-order valence-electron chi connectivity index (χ4n) is 3.08. The lowest BCUT2D eigenvalue weighted by atomic mass is 10.0. The molecule has 0 bridgehead atoms. The van der Waals surface area contributed by atoms with Crippen LogP contribution in [0.2, 0.25) is 0 Å². The lowest BCUT2D eigenvalue weighted by molar-refractivity contribution is 0.293. The van der Waals surface area contributed by atoms with E-state index in [1.165, 1.54) is 71.0 Å². The van der Waals surface area contributed by atoms with Gasteiger partial charge in [0.2, 0.25) is 0 Å². The molecule has 108 valence electrons. The van der Waals surface area contributed by atoms with Crippen LogP contribution >= 0.6 is 0 Å². The van der Waals surface area contributed by atoms with Crippen LogP contribution in [0.25, 0.3) is 0 Å². The summed E-state index contributed by atoms with van der Waals surface area (Å²) in [6, 6.07) is 1.54. The highest BCUT2D eigenvalue weighted by atomic mass is 15.1. The molecule has 18 heavy (non-hydrogen) atoms. The molecule has 0 aromatic rings. The average molecular weight is 254 g/mol. The first-order valence-corrected chi connectivity index (χ1v) is 8.28. The minimum absolute atomic E-state index is 0.771. The van der Waals surface area contributed by atoms with Crippen molar-refractivity contribution in [3.63, 3.8) is 0 Å². The van der Waals surface area contributed by atoms with Crippen LogP contribution in [0.3, 0.4) is 0 Å². The molecule has 1 aliphatic rings. The van der Waals surface area contributed by atoms with Gasteiger partial charge in [-0.1, -0.05) is 40.0 Å². The van der Waals surface area contributed by atoms with Crippen LogP contribution in [-0.2, 0) is 0 Å². The zero-order chi connectivity index (χ0) is 13.2. The fourth-order valence-corrected chi connectivity index (χ4v) is 3.08. The third-order valence-electron chi connectivity index (χ3n) is 4.28. The number of unbranched alkanes of at least 4 members (excludes halogenated alkanes) is 1. The molecule has 0 amide bonds. The second-order valence-corrected chi connectivity index (χ2v) is 5.86. The summed E-state index contributed by atoms with van der Waals surface area (Å²) in [7, 11) is 0. The van der Waals surface area contributed by atoms with Gasteiger partial charge < -0.3 is 10.2 Å². The lowest BCUT2D eigenvalue weighted by Crippen LogP contribution is -2.39. The zero-order valence-electron chi connectivity index (χ0n) is 12.9. The van der Waals surface area contributed by atoms with Gasteiger partial charge in [0.1, 0.15) is 0 Å². The molecule has 1 aliphatic heterocycles. The number of rotatable bonds is 8. The molecule has 0 spiro atoms. The number of nitrogens with zero attached hydrogens (tertiary/aromatic N) is 1. The molecule has 1 fully saturated rings. The van der Waals surface area contributed by atoms with Gasteiger partial charge >= 0.3 is 0 Å². The van der Waals surface area contributed by atoms with E-state index in [0.717, 1.165) is 12.1 Å². The van der Waals surface area contributed by atoms with Crippen LogP contribution in [0.5, 0.6) is 0 Å². The van der Waals surface area contributed by atoms with Crippen molar-refractivity contribution in [2.24, 2.45) is 0 Å². The molecule has 0 radical (unpaired) electrons. The van der Waals surface area contributed by atoms with Gasteiger partial charge in [-0.3, -0.25) is 0 Å². The maximum absolute atomic E-state index is 3.95. The molecule has 0 aromatic heterocycles. The van der Waals surface area contributed by atoms with Gasteiger partial charge in [-0.25, -0.2) is 0 Å². The van der Waals surface area contributed by atoms with Crippen molar-refractivity contribution in [3.8, 4) is 0 Å². The van der Waals surface area contributed by atoms with E-state index < -0.39 is 0 Å². The molecule has 1 N–H and O–H groups in total. The quantitative estimate of drug-likeness (QED) is 0.708. The predicted molar refractivity (Wildman–Crippen MR) is 81.1 cm³/mol. The lowest BCUT2D eigenvalue weighted by Gasteiger charge is -2.25. The highest BCUT2D eigenvalue weighted by Crippen LogP contribution is 2.14. The highest BCUT2D eigenvalue weighted by Gasteiger charge is 2.18. The number of nitrogens with one attached hydrogen (secondary N) is 1. The zero-order valence-corrected chi connectivity index (χ0v) is 12.9. The third kappa shape index (κ3) is 6.19. The van der Waals surface area contributed by atoms with Crippen molar-refractivity contribution in [2.75, 3.05) is 19.6 Å². The first kappa shape index (κ1) is 16.0. The van der Waals surface area contributed by atoms with Crippen molar-refractivity contribution in [1.29, 1.82) is 0 Å². The maximum atomic E-state index is 3.95. The summed E-state index contributed by atoms with van der Waals surface area (Å²) in [4.78, 5) is 2.60. The van der Waals surface area contributed by atoms with E-state index in [-0.39, 0.29) is 0 Å². The van der Waals surface area contributed by atoms with E-state index in [4.69, 9.17) is 0 Å². The Labute approximate surface area is 115 Å². The largest absolute Gasteiger partial charge is 0.311 e. The topological polar surface area (TPSA) is 15.3 Å². The standard InChI is InChI=1S/C16H34N2/c1-4-7-10-15(9-5-2)17-16-11-8-13-18(6-3)14-12-16/h15-17H,4-14H2,1-3H3. The van der Waals surface area contributed by atoms with E-state index in [0.29, 0.717) is 0 Å². The number of likely N-dealkylation sites (tertiary alicyclic amines) is 1. The molecule has 1 rings (SSSR count). The Bertz CT molecular complexity index is 194. The molecule has 0 saturated carbocycles. The smallest absolute Gasteiger partial charge is 0.00823 e. The first-order valence-electron chi connectivity index (χ1n) is 8.28. The van der Waals surface area contributed by atoms with Crippen molar-refractivity contribution < 1.29 is 0 Å². The Morgan fingerprint density at radius 1 is 1.06 bits per heavy atom. The third-order valence-corrected chi connectivity index (χ3v) is 4.28. The van der Waals surface area contributed by atoms with Crippen LogP contribution < -0.4 is 5.32 Å². The fraction of sp³-hybridized carbons (Fsp3) is 1.00. The predicted octanol–water partition coefficient (Wildman–Crippen LogP) is 3.81. The summed E-state index contributed by atoms with van der Waals surface area (Å²) in [5.41, 5.74) is 0. The summed E-state index contributed by atoms with van der Waals surface area (Å²) in [6.07, 6.45) is 10.9. The Kier molecular flexibility index (Phi) is 8.70. The molecule has 2 atom stereocenters. The summed E-state index contributed by atoms with van der Waals surface area (Å²) in [5.74, 6) is 0. The number of hydrogen-bond acceptors (Lipinski definition) is 2. The van der Waals surface area contributed by atoms with Gasteiger partial charge in [-0.2, -0.15) is 0 Å². The molecule has 0 aromatic carbocycles. The van der Waals surface area contributed by atoms with Gasteiger partial charge in [-0.05, 0) is 51.7 Å². The SMILES string of the molecule is CCCCC(CCC)NC1CCCN(CC)CC1. The van der Waals surface area contributed by atoms with Crippen molar-refractivity contribution >= 4 is 0 Å². The minimum Gasteiger partial charge on any atom is -0.311 e. The molecule has 1 saturated heterocycles. The van der Waals surface area contributed by atoms with E-state index >= 15 is 0 Å². The first-order chi connectivity index (χ1) is 8.80. The van der Waals surface area contributed by atoms with Gasteiger partial charge in [0.15, 0.2) is 0 Å². The highest BCUT2D eigenvalue weighted by molar-refractivity contribution is 4.78. The molecule has 2 heteroatoms. The van der Waals surface area contributed by atoms with Crippen LogP contribution in [0.1, 0.15) is 72.1 Å². The Balaban J connectivity index is 2.32. The molecular weight excluding hydrogens is 220 g/mol. The van der Waals surface area contributed by atoms with Crippen LogP contribution in [0.4, 0.5) is 0 Å². The van der Waals surface area contributed by atoms with Crippen molar-refractivity contribution in [3.05, 3.63) is 0 Å². The molecule has 1 heterocycles. The van der Waals surface area contributed by atoms with Gasteiger partial charge in [0.25, 0.3) is 0 Å². The average Bonchev–Trinajstić information content (AvgIpc) is 2.61. The van der Waals surface area contributed by atoms with Gasteiger partial charge in [0.05, 0.1) is 0 Å². The summed E-state index contributed by atoms with van der Waals surface area (Å²) < 4.78 is 0. The Hall–Kier alpha value is -0.0800. The molecule has 2 unspecified atom stereocenters. The number of hydrogen-bond donors (Lipinski definition) is 1. The van der Waals surface area contributed by atoms with Crippen LogP contribution in [-0.4, -0.2) is 36.6 Å². The van der Waals surface area contributed by atoms with Crippen LogP contribution in [0, 0.1) is 0 Å². The normalized spacial score (nSPS) is 23.8.